The van der Waals surface area contributed by atoms with Crippen LogP contribution >= 0.6 is 0 Å². The van der Waals surface area contributed by atoms with E-state index in [2.05, 4.69) is 15.5 Å². The zero-order chi connectivity index (χ0) is 23.4. The van der Waals surface area contributed by atoms with Crippen molar-refractivity contribution in [1.82, 2.24) is 19.7 Å². The molecule has 1 saturated heterocycles. The minimum atomic E-state index is -0.829. The Labute approximate surface area is 194 Å². The van der Waals surface area contributed by atoms with Crippen molar-refractivity contribution >= 4 is 11.6 Å². The molecule has 34 heavy (non-hydrogen) atoms. The molecule has 1 aromatic heterocycles. The van der Waals surface area contributed by atoms with Gasteiger partial charge in [-0.3, -0.25) is 4.79 Å². The van der Waals surface area contributed by atoms with E-state index in [9.17, 15) is 9.59 Å². The number of amides is 1. The summed E-state index contributed by atoms with van der Waals surface area (Å²) in [7, 11) is 0. The summed E-state index contributed by atoms with van der Waals surface area (Å²) in [6.07, 6.45) is 3.96. The van der Waals surface area contributed by atoms with Crippen molar-refractivity contribution in [2.75, 3.05) is 25.0 Å². The Morgan fingerprint density at radius 1 is 1.09 bits per heavy atom. The molecule has 9 heteroatoms. The average Bonchev–Trinajstić information content (AvgIpc) is 3.21. The van der Waals surface area contributed by atoms with Gasteiger partial charge in [0.2, 0.25) is 5.91 Å². The maximum atomic E-state index is 15.3. The van der Waals surface area contributed by atoms with E-state index in [1.54, 1.807) is 0 Å². The van der Waals surface area contributed by atoms with E-state index in [4.69, 9.17) is 0 Å². The molecule has 7 nitrogen and oxygen atoms in total. The van der Waals surface area contributed by atoms with Gasteiger partial charge in [-0.05, 0) is 66.5 Å². The first kappa shape index (κ1) is 21.1. The van der Waals surface area contributed by atoms with Crippen LogP contribution in [-0.4, -0.2) is 45.2 Å². The summed E-state index contributed by atoms with van der Waals surface area (Å²) in [6.45, 7) is 2.09. The van der Waals surface area contributed by atoms with Crippen LogP contribution in [0.2, 0.25) is 0 Å². The van der Waals surface area contributed by atoms with Crippen molar-refractivity contribution in [2.24, 2.45) is 11.8 Å². The molecule has 1 saturated carbocycles. The van der Waals surface area contributed by atoms with Gasteiger partial charge in [0.05, 0.1) is 0 Å². The third-order valence-corrected chi connectivity index (χ3v) is 7.13. The van der Waals surface area contributed by atoms with Crippen LogP contribution < -0.4 is 11.0 Å². The van der Waals surface area contributed by atoms with Crippen LogP contribution in [0, 0.1) is 23.5 Å². The van der Waals surface area contributed by atoms with Crippen molar-refractivity contribution in [3.8, 4) is 16.8 Å². The molecule has 2 aliphatic heterocycles. The van der Waals surface area contributed by atoms with E-state index >= 15 is 8.78 Å². The first-order chi connectivity index (χ1) is 16.5. The van der Waals surface area contributed by atoms with Gasteiger partial charge in [-0.25, -0.2) is 23.2 Å². The number of anilines is 1. The second-order valence-corrected chi connectivity index (χ2v) is 9.53. The van der Waals surface area contributed by atoms with Crippen molar-refractivity contribution < 1.29 is 13.6 Å². The van der Waals surface area contributed by atoms with Gasteiger partial charge in [0.1, 0.15) is 11.5 Å². The highest BCUT2D eigenvalue weighted by atomic mass is 19.1. The maximum Gasteiger partial charge on any atom is 0.348 e. The fraction of sp³-hybridized carbons (Fsp3) is 0.400. The van der Waals surface area contributed by atoms with Crippen molar-refractivity contribution in [3.63, 3.8) is 0 Å². The minimum absolute atomic E-state index is 0.0842. The lowest BCUT2D eigenvalue weighted by Gasteiger charge is -2.16. The van der Waals surface area contributed by atoms with Crippen LogP contribution in [0.1, 0.15) is 30.7 Å². The number of nitrogens with zero attached hydrogens (tertiary/aromatic N) is 3. The third kappa shape index (κ3) is 3.69. The molecule has 1 atom stereocenters. The number of aromatic nitrogens is 3. The van der Waals surface area contributed by atoms with Crippen molar-refractivity contribution in [3.05, 3.63) is 63.8 Å². The van der Waals surface area contributed by atoms with Crippen LogP contribution in [0.5, 0.6) is 0 Å². The van der Waals surface area contributed by atoms with Gasteiger partial charge in [0, 0.05) is 37.7 Å². The molecule has 0 unspecified atom stereocenters. The Morgan fingerprint density at radius 2 is 1.88 bits per heavy atom. The summed E-state index contributed by atoms with van der Waals surface area (Å²) in [6, 6.07) is 8.21. The molecule has 0 spiro atoms. The average molecular weight is 466 g/mol. The molecule has 176 valence electrons. The lowest BCUT2D eigenvalue weighted by atomic mass is 10.0. The molecule has 2 fully saturated rings. The quantitative estimate of drug-likeness (QED) is 0.606. The Hall–Kier alpha value is -3.49. The first-order valence-corrected chi connectivity index (χ1v) is 11.8. The highest BCUT2D eigenvalue weighted by molar-refractivity contribution is 5.81. The standard InChI is InChI=1S/C25H25F2N5O2/c26-19-10-18(17-4-1-15-5-7-28-21(15)12-17)11-20(27)23(19)32-22(29-30-25(32)34)9-14-6-8-31(13-14)24(33)16-2-3-16/h1,4,10-12,14,16,28H,2-3,5-9,13H2,(H,30,34)/t14-/m0/s1. The van der Waals surface area contributed by atoms with Crippen LogP contribution in [0.15, 0.2) is 35.1 Å². The first-order valence-electron chi connectivity index (χ1n) is 11.8. The Morgan fingerprint density at radius 3 is 2.65 bits per heavy atom. The molecular weight excluding hydrogens is 440 g/mol. The third-order valence-electron chi connectivity index (χ3n) is 7.13. The lowest BCUT2D eigenvalue weighted by molar-refractivity contribution is -0.131. The van der Waals surface area contributed by atoms with Crippen molar-refractivity contribution in [2.45, 2.75) is 32.1 Å². The number of likely N-dealkylation sites (tertiary alicyclic amines) is 1. The summed E-state index contributed by atoms with van der Waals surface area (Å²) in [5.74, 6) is -0.957. The van der Waals surface area contributed by atoms with Gasteiger partial charge in [0.25, 0.3) is 0 Å². The van der Waals surface area contributed by atoms with E-state index < -0.39 is 23.0 Å². The molecule has 2 N–H and O–H groups in total. The Bertz CT molecular complexity index is 1320. The number of hydrogen-bond acceptors (Lipinski definition) is 4. The number of rotatable bonds is 5. The molecule has 6 rings (SSSR count). The summed E-state index contributed by atoms with van der Waals surface area (Å²) in [5, 5.41) is 9.66. The van der Waals surface area contributed by atoms with E-state index in [0.717, 1.165) is 42.5 Å². The molecule has 1 amide bonds. The molecular formula is C25H25F2N5O2. The largest absolute Gasteiger partial charge is 0.384 e. The van der Waals surface area contributed by atoms with E-state index in [0.29, 0.717) is 30.6 Å². The molecule has 0 radical (unpaired) electrons. The van der Waals surface area contributed by atoms with Gasteiger partial charge < -0.3 is 10.2 Å². The topological polar surface area (TPSA) is 83.0 Å². The number of fused-ring (bicyclic) bond motifs is 1. The minimum Gasteiger partial charge on any atom is -0.384 e. The number of benzene rings is 2. The van der Waals surface area contributed by atoms with Gasteiger partial charge in [-0.1, -0.05) is 12.1 Å². The molecule has 3 heterocycles. The zero-order valence-electron chi connectivity index (χ0n) is 18.6. The Balaban J connectivity index is 1.28. The number of carbonyl (C=O) groups excluding carboxylic acids is 1. The maximum absolute atomic E-state index is 15.3. The molecule has 1 aliphatic carbocycles. The second-order valence-electron chi connectivity index (χ2n) is 9.53. The molecule has 3 aromatic rings. The second kappa shape index (κ2) is 8.07. The molecule has 2 aromatic carbocycles. The number of nitrogens with one attached hydrogen (secondary N) is 2. The summed E-state index contributed by atoms with van der Waals surface area (Å²) in [5.41, 5.74) is 2.13. The van der Waals surface area contributed by atoms with Crippen LogP contribution in [0.25, 0.3) is 16.8 Å². The lowest BCUT2D eigenvalue weighted by Crippen LogP contribution is -2.30. The number of aromatic amines is 1. The van der Waals surface area contributed by atoms with Gasteiger partial charge in [-0.15, -0.1) is 0 Å². The van der Waals surface area contributed by atoms with Crippen molar-refractivity contribution in [1.29, 1.82) is 0 Å². The Kier molecular flexibility index (Phi) is 5.00. The summed E-state index contributed by atoms with van der Waals surface area (Å²) in [4.78, 5) is 26.7. The predicted octanol–water partition coefficient (Wildman–Crippen LogP) is 3.27. The monoisotopic (exact) mass is 465 g/mol. The normalized spacial score (nSPS) is 19.4. The highest BCUT2D eigenvalue weighted by Crippen LogP contribution is 2.34. The zero-order valence-corrected chi connectivity index (χ0v) is 18.6. The highest BCUT2D eigenvalue weighted by Gasteiger charge is 2.37. The molecule has 0 bridgehead atoms. The number of H-pyrrole nitrogens is 1. The van der Waals surface area contributed by atoms with E-state index in [1.807, 2.05) is 23.1 Å². The van der Waals surface area contributed by atoms with Crippen LogP contribution in [0.3, 0.4) is 0 Å². The SMILES string of the molecule is O=C(C1CC1)N1CC[C@@H](Cc2n[nH]c(=O)n2-c2c(F)cc(-c3ccc4c(c3)NCC4)cc2F)C1. The van der Waals surface area contributed by atoms with E-state index in [-0.39, 0.29) is 23.6 Å². The predicted molar refractivity (Wildman–Crippen MR) is 123 cm³/mol. The number of carbonyl (C=O) groups is 1. The number of halogens is 2. The fourth-order valence-corrected chi connectivity index (χ4v) is 5.16. The summed E-state index contributed by atoms with van der Waals surface area (Å²) >= 11 is 0. The van der Waals surface area contributed by atoms with Crippen LogP contribution in [-0.2, 0) is 17.6 Å². The van der Waals surface area contributed by atoms with E-state index in [1.165, 1.54) is 17.7 Å². The number of hydrogen-bond donors (Lipinski definition) is 2. The fourth-order valence-electron chi connectivity index (χ4n) is 5.16. The van der Waals surface area contributed by atoms with Gasteiger partial charge >= 0.3 is 5.69 Å². The smallest absolute Gasteiger partial charge is 0.348 e. The van der Waals surface area contributed by atoms with Crippen LogP contribution in [0.4, 0.5) is 14.5 Å². The summed E-state index contributed by atoms with van der Waals surface area (Å²) < 4.78 is 31.5. The van der Waals surface area contributed by atoms with Gasteiger partial charge in [-0.2, -0.15) is 5.10 Å². The van der Waals surface area contributed by atoms with Gasteiger partial charge in [0.15, 0.2) is 11.6 Å². The molecule has 3 aliphatic rings.